The highest BCUT2D eigenvalue weighted by atomic mass is 16.3. The van der Waals surface area contributed by atoms with Gasteiger partial charge in [-0.2, -0.15) is 0 Å². The summed E-state index contributed by atoms with van der Waals surface area (Å²) < 4.78 is 0. The molecule has 0 radical (unpaired) electrons. The molecule has 2 rings (SSSR count). The molecule has 0 aliphatic heterocycles. The average Bonchev–Trinajstić information content (AvgIpc) is 3.00. The Hall–Kier alpha value is -0.930. The smallest absolute Gasteiger partial charge is 0.0929 e. The van der Waals surface area contributed by atoms with Crippen molar-refractivity contribution in [3.05, 3.63) is 29.6 Å². The van der Waals surface area contributed by atoms with Crippen LogP contribution in [-0.2, 0) is 0 Å². The van der Waals surface area contributed by atoms with E-state index in [0.717, 1.165) is 5.56 Å². The number of aliphatic hydroxyl groups excluding tert-OH is 1. The molecule has 0 saturated heterocycles. The van der Waals surface area contributed by atoms with Crippen molar-refractivity contribution < 1.29 is 5.11 Å². The second-order valence-corrected chi connectivity index (χ2v) is 3.53. The lowest BCUT2D eigenvalue weighted by atomic mass is 10.0. The Labute approximate surface area is 77.6 Å². The first-order valence-electron chi connectivity index (χ1n) is 4.65. The molecule has 70 valence electrons. The van der Waals surface area contributed by atoms with Crippen LogP contribution in [0.1, 0.15) is 36.0 Å². The summed E-state index contributed by atoms with van der Waals surface area (Å²) in [7, 11) is 0. The maximum Gasteiger partial charge on any atom is 0.0929 e. The van der Waals surface area contributed by atoms with Crippen molar-refractivity contribution in [3.63, 3.8) is 0 Å². The second kappa shape index (κ2) is 3.44. The third-order valence-corrected chi connectivity index (χ3v) is 2.49. The number of nitrogens with zero attached hydrogens (tertiary/aromatic N) is 1. The van der Waals surface area contributed by atoms with Crippen LogP contribution in [0.3, 0.4) is 0 Å². The fourth-order valence-electron chi connectivity index (χ4n) is 1.59. The molecule has 1 heterocycles. The molecule has 1 aromatic heterocycles. The summed E-state index contributed by atoms with van der Waals surface area (Å²) >= 11 is 0. The normalized spacial score (nSPS) is 18.6. The molecule has 1 saturated carbocycles. The van der Waals surface area contributed by atoms with E-state index in [0.29, 0.717) is 5.92 Å². The Morgan fingerprint density at radius 1 is 1.62 bits per heavy atom. The summed E-state index contributed by atoms with van der Waals surface area (Å²) in [6.07, 6.45) is 5.41. The van der Waals surface area contributed by atoms with Crippen molar-refractivity contribution in [3.8, 4) is 0 Å². The Morgan fingerprint density at radius 2 is 2.38 bits per heavy atom. The average molecular weight is 178 g/mol. The molecule has 1 fully saturated rings. The van der Waals surface area contributed by atoms with Crippen LogP contribution in [0.25, 0.3) is 0 Å². The van der Waals surface area contributed by atoms with Gasteiger partial charge in [0.25, 0.3) is 0 Å². The standard InChI is InChI=1S/C10H14N2O/c11-5-10(13)9-6-12-4-3-8(9)7-1-2-7/h3-4,6-7,10,13H,1-2,5,11H2. The summed E-state index contributed by atoms with van der Waals surface area (Å²) in [5, 5.41) is 9.62. The molecule has 1 aliphatic rings. The Bertz CT molecular complexity index is 297. The van der Waals surface area contributed by atoms with E-state index in [1.807, 2.05) is 6.07 Å². The number of hydrogen-bond donors (Lipinski definition) is 2. The van der Waals surface area contributed by atoms with E-state index < -0.39 is 6.10 Å². The van der Waals surface area contributed by atoms with Gasteiger partial charge >= 0.3 is 0 Å². The van der Waals surface area contributed by atoms with Gasteiger partial charge in [0, 0.05) is 24.5 Å². The quantitative estimate of drug-likeness (QED) is 0.724. The molecule has 3 heteroatoms. The van der Waals surface area contributed by atoms with E-state index in [-0.39, 0.29) is 6.54 Å². The molecular formula is C10H14N2O. The lowest BCUT2D eigenvalue weighted by Gasteiger charge is -2.12. The van der Waals surface area contributed by atoms with E-state index in [4.69, 9.17) is 5.73 Å². The largest absolute Gasteiger partial charge is 0.387 e. The van der Waals surface area contributed by atoms with Crippen molar-refractivity contribution in [2.24, 2.45) is 5.73 Å². The number of nitrogens with two attached hydrogens (primary N) is 1. The van der Waals surface area contributed by atoms with Crippen molar-refractivity contribution in [1.29, 1.82) is 0 Å². The molecule has 1 aliphatic carbocycles. The van der Waals surface area contributed by atoms with Crippen LogP contribution in [0.4, 0.5) is 0 Å². The predicted molar refractivity (Wildman–Crippen MR) is 50.2 cm³/mol. The fraction of sp³-hybridized carbons (Fsp3) is 0.500. The van der Waals surface area contributed by atoms with Crippen molar-refractivity contribution in [2.75, 3.05) is 6.54 Å². The van der Waals surface area contributed by atoms with Gasteiger partial charge in [-0.1, -0.05) is 0 Å². The zero-order valence-corrected chi connectivity index (χ0v) is 7.48. The number of aromatic nitrogens is 1. The lowest BCUT2D eigenvalue weighted by molar-refractivity contribution is 0.185. The Balaban J connectivity index is 2.31. The summed E-state index contributed by atoms with van der Waals surface area (Å²) in [5.74, 6) is 0.638. The van der Waals surface area contributed by atoms with Gasteiger partial charge in [-0.15, -0.1) is 0 Å². The summed E-state index contributed by atoms with van der Waals surface area (Å²) in [4.78, 5) is 4.01. The van der Waals surface area contributed by atoms with Gasteiger partial charge < -0.3 is 10.8 Å². The van der Waals surface area contributed by atoms with Crippen LogP contribution in [0.15, 0.2) is 18.5 Å². The maximum absolute atomic E-state index is 9.62. The van der Waals surface area contributed by atoms with Crippen molar-refractivity contribution in [2.45, 2.75) is 24.9 Å². The topological polar surface area (TPSA) is 59.1 Å². The Kier molecular flexibility index (Phi) is 2.29. The first-order chi connectivity index (χ1) is 6.33. The highest BCUT2D eigenvalue weighted by molar-refractivity contribution is 5.32. The zero-order chi connectivity index (χ0) is 9.26. The van der Waals surface area contributed by atoms with E-state index in [2.05, 4.69) is 4.98 Å². The molecule has 1 aromatic rings. The lowest BCUT2D eigenvalue weighted by Crippen LogP contribution is -2.13. The van der Waals surface area contributed by atoms with Gasteiger partial charge in [0.2, 0.25) is 0 Å². The van der Waals surface area contributed by atoms with Crippen LogP contribution in [0.5, 0.6) is 0 Å². The number of aliphatic hydroxyl groups is 1. The summed E-state index contributed by atoms with van der Waals surface area (Å²) in [6.45, 7) is 0.269. The molecule has 3 nitrogen and oxygen atoms in total. The van der Waals surface area contributed by atoms with Crippen LogP contribution in [-0.4, -0.2) is 16.6 Å². The van der Waals surface area contributed by atoms with Gasteiger partial charge in [-0.3, -0.25) is 4.98 Å². The minimum atomic E-state index is -0.552. The highest BCUT2D eigenvalue weighted by Crippen LogP contribution is 2.42. The summed E-state index contributed by atoms with van der Waals surface area (Å²) in [6, 6.07) is 1.99. The molecule has 0 bridgehead atoms. The van der Waals surface area contributed by atoms with Crippen LogP contribution in [0, 0.1) is 0 Å². The van der Waals surface area contributed by atoms with Crippen LogP contribution < -0.4 is 5.73 Å². The van der Waals surface area contributed by atoms with Crippen molar-refractivity contribution in [1.82, 2.24) is 4.98 Å². The fourth-order valence-corrected chi connectivity index (χ4v) is 1.59. The first-order valence-corrected chi connectivity index (χ1v) is 4.65. The van der Waals surface area contributed by atoms with Crippen LogP contribution >= 0.6 is 0 Å². The maximum atomic E-state index is 9.62. The molecule has 13 heavy (non-hydrogen) atoms. The molecule has 0 spiro atoms. The van der Waals surface area contributed by atoms with E-state index in [1.165, 1.54) is 18.4 Å². The van der Waals surface area contributed by atoms with Gasteiger partial charge in [0.15, 0.2) is 0 Å². The van der Waals surface area contributed by atoms with Gasteiger partial charge in [0.1, 0.15) is 0 Å². The monoisotopic (exact) mass is 178 g/mol. The molecule has 1 unspecified atom stereocenters. The molecule has 0 aromatic carbocycles. The number of pyridine rings is 1. The minimum absolute atomic E-state index is 0.269. The molecule has 3 N–H and O–H groups in total. The third kappa shape index (κ3) is 1.71. The SMILES string of the molecule is NCC(O)c1cnccc1C1CC1. The van der Waals surface area contributed by atoms with Gasteiger partial charge in [0.05, 0.1) is 6.10 Å². The molecular weight excluding hydrogens is 164 g/mol. The highest BCUT2D eigenvalue weighted by Gasteiger charge is 2.27. The van der Waals surface area contributed by atoms with E-state index >= 15 is 0 Å². The number of hydrogen-bond acceptors (Lipinski definition) is 3. The summed E-state index contributed by atoms with van der Waals surface area (Å²) in [5.41, 5.74) is 7.56. The predicted octanol–water partition coefficient (Wildman–Crippen LogP) is 0.951. The minimum Gasteiger partial charge on any atom is -0.387 e. The Morgan fingerprint density at radius 3 is 3.00 bits per heavy atom. The van der Waals surface area contributed by atoms with E-state index in [1.54, 1.807) is 12.4 Å². The second-order valence-electron chi connectivity index (χ2n) is 3.53. The van der Waals surface area contributed by atoms with Crippen LogP contribution in [0.2, 0.25) is 0 Å². The van der Waals surface area contributed by atoms with Gasteiger partial charge in [-0.25, -0.2) is 0 Å². The first kappa shape index (κ1) is 8.66. The molecule has 0 amide bonds. The molecule has 1 atom stereocenters. The van der Waals surface area contributed by atoms with E-state index in [9.17, 15) is 5.11 Å². The third-order valence-electron chi connectivity index (χ3n) is 2.49. The zero-order valence-electron chi connectivity index (χ0n) is 7.48. The van der Waals surface area contributed by atoms with Crippen molar-refractivity contribution >= 4 is 0 Å². The number of rotatable bonds is 3. The van der Waals surface area contributed by atoms with Gasteiger partial charge in [-0.05, 0) is 30.4 Å².